The molecule has 10 nitrogen and oxygen atoms in total. The van der Waals surface area contributed by atoms with Crippen LogP contribution in [0.15, 0.2) is 75.1 Å². The summed E-state index contributed by atoms with van der Waals surface area (Å²) in [6.45, 7) is 0.275. The number of anilines is 1. The Balaban J connectivity index is 1.29. The van der Waals surface area contributed by atoms with E-state index in [1.165, 1.54) is 58.9 Å². The highest BCUT2D eigenvalue weighted by molar-refractivity contribution is 8.00. The Labute approximate surface area is 225 Å². The summed E-state index contributed by atoms with van der Waals surface area (Å²) < 4.78 is 70.8. The van der Waals surface area contributed by atoms with E-state index in [-0.39, 0.29) is 64.4 Å². The van der Waals surface area contributed by atoms with E-state index in [1.807, 2.05) is 0 Å². The molecule has 208 valence electrons. The van der Waals surface area contributed by atoms with Crippen LogP contribution in [-0.2, 0) is 16.6 Å². The molecule has 0 bridgehead atoms. The minimum Gasteiger partial charge on any atom is -0.446 e. The molecule has 1 aromatic heterocycles. The third-order valence-corrected chi connectivity index (χ3v) is 8.38. The lowest BCUT2D eigenvalue weighted by atomic mass is 10.1. The molecular weight excluding hydrogens is 561 g/mol. The summed E-state index contributed by atoms with van der Waals surface area (Å²) in [6, 6.07) is 13.6. The molecule has 0 spiro atoms. The number of piperidine rings is 1. The van der Waals surface area contributed by atoms with Crippen LogP contribution in [0.1, 0.15) is 29.0 Å². The van der Waals surface area contributed by atoms with Crippen molar-refractivity contribution in [3.8, 4) is 0 Å². The number of nitro groups is 1. The van der Waals surface area contributed by atoms with E-state index >= 15 is 0 Å². The molecule has 39 heavy (non-hydrogen) atoms. The number of thioether (sulfide) groups is 1. The average molecular weight is 585 g/mol. The molecule has 0 atom stereocenters. The van der Waals surface area contributed by atoms with Crippen molar-refractivity contribution in [2.75, 3.05) is 18.4 Å². The Hall–Kier alpha value is -3.56. The van der Waals surface area contributed by atoms with E-state index in [4.69, 9.17) is 4.42 Å². The second-order valence-corrected chi connectivity index (χ2v) is 11.6. The van der Waals surface area contributed by atoms with Crippen LogP contribution in [0.3, 0.4) is 0 Å². The van der Waals surface area contributed by atoms with Gasteiger partial charge in [-0.3, -0.25) is 14.9 Å². The highest BCUT2D eigenvalue weighted by Crippen LogP contribution is 2.37. The van der Waals surface area contributed by atoms with Crippen molar-refractivity contribution in [1.82, 2.24) is 9.62 Å². The third-order valence-electron chi connectivity index (χ3n) is 5.89. The number of halogens is 3. The van der Waals surface area contributed by atoms with Gasteiger partial charge in [-0.15, -0.1) is 0 Å². The predicted molar refractivity (Wildman–Crippen MR) is 137 cm³/mol. The zero-order chi connectivity index (χ0) is 28.2. The van der Waals surface area contributed by atoms with Crippen molar-refractivity contribution in [2.24, 2.45) is 0 Å². The molecule has 0 unspecified atom stereocenters. The molecule has 0 radical (unpaired) electrons. The number of hydrogen-bond donors (Lipinski definition) is 2. The largest absolute Gasteiger partial charge is 0.446 e. The van der Waals surface area contributed by atoms with Crippen LogP contribution in [-0.4, -0.2) is 48.2 Å². The molecular formula is C24H23F3N4O6S2. The van der Waals surface area contributed by atoms with E-state index in [1.54, 1.807) is 6.07 Å². The minimum absolute atomic E-state index is 0.0603. The van der Waals surface area contributed by atoms with E-state index in [0.717, 1.165) is 0 Å². The third kappa shape index (κ3) is 7.52. The Kier molecular flexibility index (Phi) is 8.51. The van der Waals surface area contributed by atoms with Gasteiger partial charge in [-0.25, -0.2) is 8.42 Å². The molecule has 1 aliphatic rings. The zero-order valence-electron chi connectivity index (χ0n) is 20.2. The van der Waals surface area contributed by atoms with Crippen LogP contribution in [0, 0.1) is 10.1 Å². The molecule has 2 N–H and O–H groups in total. The van der Waals surface area contributed by atoms with E-state index < -0.39 is 26.4 Å². The van der Waals surface area contributed by atoms with E-state index in [9.17, 15) is 36.5 Å². The number of furan rings is 1. The fourth-order valence-electron chi connectivity index (χ4n) is 3.98. The second-order valence-electron chi connectivity index (χ2n) is 8.61. The summed E-state index contributed by atoms with van der Waals surface area (Å²) in [4.78, 5) is 22.5. The molecule has 0 aliphatic carbocycles. The van der Waals surface area contributed by atoms with Gasteiger partial charge in [-0.05, 0) is 67.1 Å². The lowest BCUT2D eigenvalue weighted by molar-refractivity contribution is -0.384. The van der Waals surface area contributed by atoms with Gasteiger partial charge < -0.3 is 15.1 Å². The summed E-state index contributed by atoms with van der Waals surface area (Å²) in [5, 5.41) is 16.2. The Morgan fingerprint density at radius 1 is 1.10 bits per heavy atom. The van der Waals surface area contributed by atoms with Crippen LogP contribution < -0.4 is 10.6 Å². The van der Waals surface area contributed by atoms with Crippen LogP contribution in [0.4, 0.5) is 24.5 Å². The van der Waals surface area contributed by atoms with E-state index in [2.05, 4.69) is 10.6 Å². The summed E-state index contributed by atoms with van der Waals surface area (Å²) >= 11 is -0.198. The van der Waals surface area contributed by atoms with Gasteiger partial charge in [0.25, 0.3) is 21.6 Å². The molecule has 0 saturated carbocycles. The van der Waals surface area contributed by atoms with E-state index in [0.29, 0.717) is 18.5 Å². The summed E-state index contributed by atoms with van der Waals surface area (Å²) in [6.07, 6.45) is 0.878. The first-order valence-electron chi connectivity index (χ1n) is 11.6. The number of amides is 1. The first-order chi connectivity index (χ1) is 18.4. The van der Waals surface area contributed by atoms with Crippen molar-refractivity contribution >= 4 is 39.1 Å². The van der Waals surface area contributed by atoms with Gasteiger partial charge in [0, 0.05) is 47.4 Å². The minimum atomic E-state index is -4.39. The number of non-ortho nitro benzene ring substituents is 1. The van der Waals surface area contributed by atoms with Crippen LogP contribution in [0.5, 0.6) is 0 Å². The van der Waals surface area contributed by atoms with Gasteiger partial charge in [0.15, 0.2) is 0 Å². The summed E-state index contributed by atoms with van der Waals surface area (Å²) in [5.41, 5.74) is -3.82. The lowest BCUT2D eigenvalue weighted by Crippen LogP contribution is -2.42. The number of nitro benzene ring substituents is 1. The number of carbonyl (C=O) groups is 1. The molecule has 15 heteroatoms. The molecule has 4 rings (SSSR count). The van der Waals surface area contributed by atoms with Crippen molar-refractivity contribution in [3.05, 3.63) is 82.1 Å². The number of rotatable bonds is 9. The van der Waals surface area contributed by atoms with Crippen molar-refractivity contribution in [3.63, 3.8) is 0 Å². The van der Waals surface area contributed by atoms with Gasteiger partial charge in [0.1, 0.15) is 5.76 Å². The Bertz CT molecular complexity index is 1440. The molecule has 2 heterocycles. The predicted octanol–water partition coefficient (Wildman–Crippen LogP) is 4.99. The summed E-state index contributed by atoms with van der Waals surface area (Å²) in [7, 11) is -3.93. The topological polar surface area (TPSA) is 135 Å². The number of alkyl halides is 3. The van der Waals surface area contributed by atoms with Crippen LogP contribution in [0.25, 0.3) is 0 Å². The SMILES string of the molecule is O=C(NCc1ccc(S(=O)(=O)N2CCC(Nc3cccc(SC(F)(F)F)c3)CC2)o1)c1ccc([N+](=O)[O-])cc1. The first-order valence-corrected chi connectivity index (χ1v) is 13.9. The number of hydrogen-bond acceptors (Lipinski definition) is 8. The van der Waals surface area contributed by atoms with Gasteiger partial charge >= 0.3 is 5.51 Å². The maximum atomic E-state index is 13.0. The first kappa shape index (κ1) is 28.4. The number of sulfonamides is 1. The monoisotopic (exact) mass is 584 g/mol. The van der Waals surface area contributed by atoms with Crippen molar-refractivity contribution in [1.29, 1.82) is 0 Å². The van der Waals surface area contributed by atoms with Gasteiger partial charge in [-0.1, -0.05) is 6.07 Å². The van der Waals surface area contributed by atoms with Gasteiger partial charge in [-0.2, -0.15) is 17.5 Å². The van der Waals surface area contributed by atoms with Crippen molar-refractivity contribution in [2.45, 2.75) is 40.9 Å². The molecule has 1 saturated heterocycles. The number of benzene rings is 2. The van der Waals surface area contributed by atoms with Crippen LogP contribution in [0.2, 0.25) is 0 Å². The molecule has 1 amide bonds. The number of carbonyl (C=O) groups excluding carboxylic acids is 1. The average Bonchev–Trinajstić information content (AvgIpc) is 3.37. The highest BCUT2D eigenvalue weighted by Gasteiger charge is 2.32. The molecule has 1 fully saturated rings. The summed E-state index contributed by atoms with van der Waals surface area (Å²) in [5.74, 6) is -0.306. The lowest BCUT2D eigenvalue weighted by Gasteiger charge is -2.31. The zero-order valence-corrected chi connectivity index (χ0v) is 21.8. The van der Waals surface area contributed by atoms with Gasteiger partial charge in [0.05, 0.1) is 11.5 Å². The normalized spacial score (nSPS) is 15.2. The quantitative estimate of drug-likeness (QED) is 0.204. The maximum absolute atomic E-state index is 13.0. The standard InChI is InChI=1S/C24H23F3N4O6S2/c25-24(26,27)38-21-3-1-2-18(14-21)29-17-10-12-30(13-11-17)39(35,36)22-9-8-20(37-22)15-28-23(32)16-4-6-19(7-5-16)31(33)34/h1-9,14,17,29H,10-13,15H2,(H,28,32). The molecule has 1 aliphatic heterocycles. The smallest absolute Gasteiger partial charge is 0.446 e. The Morgan fingerprint density at radius 2 is 1.79 bits per heavy atom. The molecule has 3 aromatic rings. The fraction of sp³-hybridized carbons (Fsp3) is 0.292. The fourth-order valence-corrected chi connectivity index (χ4v) is 5.98. The maximum Gasteiger partial charge on any atom is 0.446 e. The second kappa shape index (κ2) is 11.7. The number of nitrogens with one attached hydrogen (secondary N) is 2. The van der Waals surface area contributed by atoms with Crippen LogP contribution >= 0.6 is 11.8 Å². The Morgan fingerprint density at radius 3 is 2.44 bits per heavy atom. The molecule has 2 aromatic carbocycles. The highest BCUT2D eigenvalue weighted by atomic mass is 32.2. The van der Waals surface area contributed by atoms with Crippen molar-refractivity contribution < 1.29 is 35.7 Å². The van der Waals surface area contributed by atoms with Gasteiger partial charge in [0.2, 0.25) is 5.09 Å². The number of nitrogens with zero attached hydrogens (tertiary/aromatic N) is 2.